The van der Waals surface area contributed by atoms with Crippen molar-refractivity contribution in [1.82, 2.24) is 14.5 Å². The molecular weight excluding hydrogens is 518 g/mol. The van der Waals surface area contributed by atoms with Crippen molar-refractivity contribution >= 4 is 28.8 Å². The fourth-order valence-electron chi connectivity index (χ4n) is 4.06. The average Bonchev–Trinajstić information content (AvgIpc) is 3.34. The summed E-state index contributed by atoms with van der Waals surface area (Å²) in [6.45, 7) is 5.98. The van der Waals surface area contributed by atoms with Gasteiger partial charge in [0.25, 0.3) is 0 Å². The van der Waals surface area contributed by atoms with Gasteiger partial charge in [-0.05, 0) is 24.1 Å². The van der Waals surface area contributed by atoms with Gasteiger partial charge in [0.2, 0.25) is 5.95 Å². The van der Waals surface area contributed by atoms with Gasteiger partial charge in [-0.25, -0.2) is 9.78 Å². The van der Waals surface area contributed by atoms with Crippen molar-refractivity contribution in [2.45, 2.75) is 39.3 Å². The van der Waals surface area contributed by atoms with E-state index in [0.717, 1.165) is 59.5 Å². The van der Waals surface area contributed by atoms with Gasteiger partial charge in [-0.1, -0.05) is 31.9 Å². The number of nitrogens with two attached hydrogens (primary N) is 1. The number of aromatic nitrogens is 3. The zero-order valence-electron chi connectivity index (χ0n) is 23.4. The van der Waals surface area contributed by atoms with Crippen LogP contribution in [0.1, 0.15) is 37.3 Å². The Hall–Kier alpha value is -3.45. The lowest BCUT2D eigenvalue weighted by molar-refractivity contribution is -0.142. The number of carboxylic acids is 1. The number of unbranched alkanes of at least 4 members (excludes halogenated alkanes) is 2. The number of ether oxygens (including phenoxy) is 5. The molecule has 220 valence electrons. The van der Waals surface area contributed by atoms with Gasteiger partial charge in [0.1, 0.15) is 17.9 Å². The monoisotopic (exact) mass is 559 g/mol. The molecule has 0 unspecified atom stereocenters. The third-order valence-electron chi connectivity index (χ3n) is 6.00. The molecule has 1 aromatic carbocycles. The highest BCUT2D eigenvalue weighted by molar-refractivity contribution is 5.87. The van der Waals surface area contributed by atoms with Gasteiger partial charge in [-0.2, -0.15) is 4.98 Å². The molecule has 12 heteroatoms. The summed E-state index contributed by atoms with van der Waals surface area (Å²) in [4.78, 5) is 19.2. The first-order valence-electron chi connectivity index (χ1n) is 13.6. The Morgan fingerprint density at radius 1 is 1.00 bits per heavy atom. The van der Waals surface area contributed by atoms with Crippen molar-refractivity contribution in [2.75, 3.05) is 71.0 Å². The lowest BCUT2D eigenvalue weighted by Crippen LogP contribution is -2.14. The summed E-state index contributed by atoms with van der Waals surface area (Å²) >= 11 is 0. The van der Waals surface area contributed by atoms with Crippen LogP contribution in [0.3, 0.4) is 0 Å². The van der Waals surface area contributed by atoms with Gasteiger partial charge in [-0.3, -0.25) is 0 Å². The summed E-state index contributed by atoms with van der Waals surface area (Å²) in [6, 6.07) is 8.01. The fraction of sp³-hybridized carbons (Fsp3) is 0.536. The summed E-state index contributed by atoms with van der Waals surface area (Å²) in [5.74, 6) is 0.775. The number of carboxylic acid groups (broad SMARTS) is 1. The Morgan fingerprint density at radius 3 is 2.42 bits per heavy atom. The van der Waals surface area contributed by atoms with Gasteiger partial charge in [0.05, 0.1) is 65.4 Å². The van der Waals surface area contributed by atoms with E-state index in [1.807, 2.05) is 30.5 Å². The third kappa shape index (κ3) is 10.3. The number of hydrogen-bond acceptors (Lipinski definition) is 10. The van der Waals surface area contributed by atoms with Gasteiger partial charge < -0.3 is 44.4 Å². The zero-order chi connectivity index (χ0) is 28.6. The quantitative estimate of drug-likeness (QED) is 0.165. The van der Waals surface area contributed by atoms with E-state index in [2.05, 4.69) is 26.8 Å². The summed E-state index contributed by atoms with van der Waals surface area (Å²) in [5.41, 5.74) is 9.68. The average molecular weight is 560 g/mol. The molecule has 2 heterocycles. The van der Waals surface area contributed by atoms with Crippen LogP contribution in [0.5, 0.6) is 5.75 Å². The molecule has 40 heavy (non-hydrogen) atoms. The van der Waals surface area contributed by atoms with Crippen LogP contribution in [0.2, 0.25) is 0 Å². The molecule has 0 saturated heterocycles. The molecule has 0 saturated carbocycles. The highest BCUT2D eigenvalue weighted by Gasteiger charge is 2.14. The molecule has 12 nitrogen and oxygen atoms in total. The molecule has 0 aliphatic heterocycles. The number of benzene rings is 1. The Morgan fingerprint density at radius 2 is 1.73 bits per heavy atom. The molecular formula is C28H41N5O7. The van der Waals surface area contributed by atoms with Crippen LogP contribution >= 0.6 is 0 Å². The normalized spacial score (nSPS) is 11.2. The lowest BCUT2D eigenvalue weighted by atomic mass is 10.1. The maximum absolute atomic E-state index is 10.3. The van der Waals surface area contributed by atoms with Crippen LogP contribution < -0.4 is 15.8 Å². The van der Waals surface area contributed by atoms with Gasteiger partial charge >= 0.3 is 5.97 Å². The number of nitrogens with one attached hydrogen (secondary N) is 1. The van der Waals surface area contributed by atoms with Crippen molar-refractivity contribution in [3.8, 4) is 5.75 Å². The molecule has 0 bridgehead atoms. The van der Waals surface area contributed by atoms with Crippen molar-refractivity contribution in [3.05, 3.63) is 41.6 Å². The lowest BCUT2D eigenvalue weighted by Gasteiger charge is -2.14. The van der Waals surface area contributed by atoms with Crippen LogP contribution in [0.15, 0.2) is 30.5 Å². The predicted molar refractivity (Wildman–Crippen MR) is 152 cm³/mol. The molecule has 3 aromatic rings. The highest BCUT2D eigenvalue weighted by atomic mass is 16.6. The molecule has 0 aliphatic carbocycles. The summed E-state index contributed by atoms with van der Waals surface area (Å²) < 4.78 is 29.2. The van der Waals surface area contributed by atoms with Crippen LogP contribution in [-0.4, -0.2) is 85.5 Å². The van der Waals surface area contributed by atoms with E-state index in [0.29, 0.717) is 46.2 Å². The minimum atomic E-state index is -0.995. The minimum absolute atomic E-state index is 0.237. The number of hydrogen-bond donors (Lipinski definition) is 3. The summed E-state index contributed by atoms with van der Waals surface area (Å²) in [6.07, 6.45) is 5.36. The Kier molecular flexibility index (Phi) is 13.4. The fourth-order valence-corrected chi connectivity index (χ4v) is 4.06. The predicted octanol–water partition coefficient (Wildman–Crippen LogP) is 3.32. The number of carbonyl (C=O) groups is 1. The van der Waals surface area contributed by atoms with E-state index < -0.39 is 5.97 Å². The number of rotatable bonds is 21. The third-order valence-corrected chi connectivity index (χ3v) is 6.00. The Balaban J connectivity index is 1.46. The number of nitrogen functional groups attached to an aromatic ring is 1. The Labute approximate surface area is 234 Å². The van der Waals surface area contributed by atoms with E-state index in [1.165, 1.54) is 0 Å². The molecule has 4 N–H and O–H groups in total. The molecule has 0 aliphatic rings. The van der Waals surface area contributed by atoms with Crippen molar-refractivity contribution < 1.29 is 33.6 Å². The van der Waals surface area contributed by atoms with Gasteiger partial charge in [-0.15, -0.1) is 0 Å². The first kappa shape index (κ1) is 31.1. The van der Waals surface area contributed by atoms with Crippen LogP contribution in [-0.2, 0) is 36.9 Å². The minimum Gasteiger partial charge on any atom is -0.496 e. The van der Waals surface area contributed by atoms with Gasteiger partial charge in [0.15, 0.2) is 5.82 Å². The highest BCUT2D eigenvalue weighted by Crippen LogP contribution is 2.27. The first-order chi connectivity index (χ1) is 19.5. The maximum Gasteiger partial charge on any atom is 0.329 e. The van der Waals surface area contributed by atoms with Crippen LogP contribution in [0.4, 0.5) is 11.8 Å². The second-order valence-electron chi connectivity index (χ2n) is 9.11. The first-order valence-corrected chi connectivity index (χ1v) is 13.6. The number of nitrogens with zero attached hydrogens (tertiary/aromatic N) is 3. The van der Waals surface area contributed by atoms with E-state index in [1.54, 1.807) is 7.11 Å². The molecule has 2 aromatic heterocycles. The number of fused-ring (bicyclic) bond motifs is 1. The largest absolute Gasteiger partial charge is 0.496 e. The van der Waals surface area contributed by atoms with E-state index in [4.69, 9.17) is 34.5 Å². The number of anilines is 2. The van der Waals surface area contributed by atoms with Gasteiger partial charge in [0, 0.05) is 18.3 Å². The molecule has 0 atom stereocenters. The number of methoxy groups -OCH3 is 1. The van der Waals surface area contributed by atoms with Crippen LogP contribution in [0, 0.1) is 0 Å². The standard InChI is InChI=1S/C28H41N5O7/c1-3-4-5-9-30-27-26-23(31-28(29)32-27)8-10-33(26)18-22-7-6-21(17-24(22)36-2)19-39-15-13-37-11-12-38-14-16-40-20-25(34)35/h6-8,10,17H,3-5,9,11-16,18-20H2,1-2H3,(H,34,35)(H3,29,30,31,32). The number of aliphatic carboxylic acids is 1. The molecule has 3 rings (SSSR count). The van der Waals surface area contributed by atoms with E-state index in [9.17, 15) is 4.79 Å². The second-order valence-corrected chi connectivity index (χ2v) is 9.11. The molecule has 0 fully saturated rings. The smallest absolute Gasteiger partial charge is 0.329 e. The molecule has 0 spiro atoms. The van der Waals surface area contributed by atoms with E-state index in [-0.39, 0.29) is 19.2 Å². The van der Waals surface area contributed by atoms with Crippen LogP contribution in [0.25, 0.3) is 11.0 Å². The molecule has 0 amide bonds. The summed E-state index contributed by atoms with van der Waals surface area (Å²) in [7, 11) is 1.66. The zero-order valence-corrected chi connectivity index (χ0v) is 23.4. The summed E-state index contributed by atoms with van der Waals surface area (Å²) in [5, 5.41) is 11.9. The SMILES string of the molecule is CCCCCNc1nc(N)nc2ccn(Cc3ccc(COCCOCCOCCOCC(=O)O)cc3OC)c12. The van der Waals surface area contributed by atoms with Crippen molar-refractivity contribution in [1.29, 1.82) is 0 Å². The van der Waals surface area contributed by atoms with Crippen molar-refractivity contribution in [2.24, 2.45) is 0 Å². The maximum atomic E-state index is 10.3. The van der Waals surface area contributed by atoms with Crippen molar-refractivity contribution in [3.63, 3.8) is 0 Å². The Bertz CT molecular complexity index is 1190. The second kappa shape index (κ2) is 17.3. The topological polar surface area (TPSA) is 152 Å². The molecule has 0 radical (unpaired) electrons. The van der Waals surface area contributed by atoms with E-state index >= 15 is 0 Å².